The lowest BCUT2D eigenvalue weighted by Crippen LogP contribution is -2.65. The van der Waals surface area contributed by atoms with Crippen molar-refractivity contribution < 1.29 is 14.1 Å². The van der Waals surface area contributed by atoms with Crippen LogP contribution in [0.4, 0.5) is 0 Å². The Balaban J connectivity index is 1.64. The van der Waals surface area contributed by atoms with Gasteiger partial charge in [-0.1, -0.05) is 5.16 Å². The molecule has 8 nitrogen and oxygen atoms in total. The second kappa shape index (κ2) is 6.25. The van der Waals surface area contributed by atoms with Crippen LogP contribution >= 0.6 is 11.8 Å². The summed E-state index contributed by atoms with van der Waals surface area (Å²) in [5.74, 6) is 1.98. The fourth-order valence-corrected chi connectivity index (χ4v) is 3.23. The number of hydrogen-bond acceptors (Lipinski definition) is 7. The minimum atomic E-state index is -0.395. The van der Waals surface area contributed by atoms with Crippen molar-refractivity contribution >= 4 is 23.6 Å². The highest BCUT2D eigenvalue weighted by molar-refractivity contribution is 7.97. The van der Waals surface area contributed by atoms with Crippen LogP contribution in [0.3, 0.4) is 0 Å². The van der Waals surface area contributed by atoms with Crippen molar-refractivity contribution in [2.24, 2.45) is 0 Å². The van der Waals surface area contributed by atoms with Crippen LogP contribution in [0.15, 0.2) is 4.52 Å². The second-order valence-corrected chi connectivity index (χ2v) is 6.44. The van der Waals surface area contributed by atoms with E-state index in [-0.39, 0.29) is 18.4 Å². The van der Waals surface area contributed by atoms with Crippen molar-refractivity contribution in [3.8, 4) is 0 Å². The molecule has 1 atom stereocenters. The summed E-state index contributed by atoms with van der Waals surface area (Å²) in [7, 11) is 1.67. The Morgan fingerprint density at radius 2 is 2.18 bits per heavy atom. The van der Waals surface area contributed by atoms with E-state index in [4.69, 9.17) is 4.52 Å². The molecule has 0 saturated carbocycles. The summed E-state index contributed by atoms with van der Waals surface area (Å²) in [6.07, 6.45) is 1.98. The quantitative estimate of drug-likeness (QED) is 0.732. The average Bonchev–Trinajstić information content (AvgIpc) is 2.92. The second-order valence-electron chi connectivity index (χ2n) is 5.57. The molecule has 3 heterocycles. The first-order chi connectivity index (χ1) is 10.6. The molecule has 0 bridgehead atoms. The smallest absolute Gasteiger partial charge is 0.246 e. The number of hydrogen-bond donors (Lipinski definition) is 0. The van der Waals surface area contributed by atoms with Crippen molar-refractivity contribution in [2.45, 2.75) is 18.3 Å². The molecule has 0 spiro atoms. The number of nitrogens with zero attached hydrogens (tertiary/aromatic N) is 5. The van der Waals surface area contributed by atoms with Crippen LogP contribution < -0.4 is 0 Å². The third-order valence-corrected chi connectivity index (χ3v) is 4.51. The van der Waals surface area contributed by atoms with E-state index in [2.05, 4.69) is 15.0 Å². The van der Waals surface area contributed by atoms with Gasteiger partial charge in [-0.15, -0.1) is 0 Å². The normalized spacial score (nSPS) is 23.1. The number of rotatable bonds is 4. The molecule has 9 heteroatoms. The minimum Gasteiger partial charge on any atom is -0.338 e. The zero-order valence-electron chi connectivity index (χ0n) is 12.7. The van der Waals surface area contributed by atoms with E-state index >= 15 is 0 Å². The summed E-state index contributed by atoms with van der Waals surface area (Å²) in [5, 5.41) is 3.92. The largest absolute Gasteiger partial charge is 0.338 e. The molecule has 2 aliphatic heterocycles. The van der Waals surface area contributed by atoms with Crippen molar-refractivity contribution in [1.82, 2.24) is 24.8 Å². The van der Waals surface area contributed by atoms with Gasteiger partial charge in [0.15, 0.2) is 5.82 Å². The van der Waals surface area contributed by atoms with Crippen molar-refractivity contribution in [2.75, 3.05) is 39.5 Å². The van der Waals surface area contributed by atoms with Crippen molar-refractivity contribution in [1.29, 1.82) is 0 Å². The summed E-state index contributed by atoms with van der Waals surface area (Å²) in [5.41, 5.74) is 0. The Hall–Kier alpha value is -1.61. The molecule has 1 aromatic heterocycles. The van der Waals surface area contributed by atoms with E-state index in [0.717, 1.165) is 5.75 Å². The Morgan fingerprint density at radius 1 is 1.36 bits per heavy atom. The summed E-state index contributed by atoms with van der Waals surface area (Å²) in [6.45, 7) is 2.47. The zero-order valence-corrected chi connectivity index (χ0v) is 13.5. The number of aromatic nitrogens is 2. The van der Waals surface area contributed by atoms with E-state index in [9.17, 15) is 9.59 Å². The molecular formula is C13H19N5O3S. The van der Waals surface area contributed by atoms with Crippen LogP contribution in [-0.2, 0) is 21.9 Å². The standard InChI is InChI=1S/C13H19N5O3S/c1-16-7-12(19)18-4-3-17(5-9(18)13(16)20)6-11-14-10(8-22-2)15-21-11/h9H,3-8H2,1-2H3/t9-/m0/s1. The molecule has 0 aliphatic carbocycles. The van der Waals surface area contributed by atoms with Crippen LogP contribution in [0, 0.1) is 0 Å². The number of carbonyl (C=O) groups is 2. The van der Waals surface area contributed by atoms with Gasteiger partial charge in [0.2, 0.25) is 17.7 Å². The van der Waals surface area contributed by atoms with Crippen molar-refractivity contribution in [3.63, 3.8) is 0 Å². The van der Waals surface area contributed by atoms with Crippen LogP contribution in [0.1, 0.15) is 11.7 Å². The maximum absolute atomic E-state index is 12.2. The first kappa shape index (κ1) is 15.3. The highest BCUT2D eigenvalue weighted by Gasteiger charge is 2.41. The Morgan fingerprint density at radius 3 is 2.95 bits per heavy atom. The van der Waals surface area contributed by atoms with Crippen LogP contribution in [-0.4, -0.2) is 82.2 Å². The molecule has 22 heavy (non-hydrogen) atoms. The lowest BCUT2D eigenvalue weighted by atomic mass is 10.1. The molecule has 2 fully saturated rings. The van der Waals surface area contributed by atoms with Crippen molar-refractivity contribution in [3.05, 3.63) is 11.7 Å². The van der Waals surface area contributed by atoms with Gasteiger partial charge in [0, 0.05) is 26.7 Å². The number of carbonyl (C=O) groups excluding carboxylic acids is 2. The predicted octanol–water partition coefficient (Wildman–Crippen LogP) is -0.583. The molecule has 0 N–H and O–H groups in total. The molecule has 0 unspecified atom stereocenters. The maximum atomic E-state index is 12.2. The maximum Gasteiger partial charge on any atom is 0.246 e. The SMILES string of the molecule is CSCc1noc(CN2CCN3C(=O)CN(C)C(=O)[C@@H]3C2)n1. The first-order valence-corrected chi connectivity index (χ1v) is 8.55. The topological polar surface area (TPSA) is 82.8 Å². The highest BCUT2D eigenvalue weighted by Crippen LogP contribution is 2.18. The van der Waals surface area contributed by atoms with E-state index in [1.807, 2.05) is 6.26 Å². The number of likely N-dealkylation sites (N-methyl/N-ethyl adjacent to an activating group) is 1. The number of piperazine rings is 2. The first-order valence-electron chi connectivity index (χ1n) is 7.15. The fourth-order valence-electron chi connectivity index (χ4n) is 2.85. The summed E-state index contributed by atoms with van der Waals surface area (Å²) in [4.78, 5) is 33.8. The molecule has 2 saturated heterocycles. The van der Waals surface area contributed by atoms with Gasteiger partial charge in [-0.3, -0.25) is 14.5 Å². The third-order valence-electron chi connectivity index (χ3n) is 3.96. The summed E-state index contributed by atoms with van der Waals surface area (Å²) < 4.78 is 5.23. The Labute approximate surface area is 132 Å². The molecular weight excluding hydrogens is 306 g/mol. The van der Waals surface area contributed by atoms with Gasteiger partial charge < -0.3 is 14.3 Å². The predicted molar refractivity (Wildman–Crippen MR) is 79.9 cm³/mol. The number of thioether (sulfide) groups is 1. The minimum absolute atomic E-state index is 0.00194. The van der Waals surface area contributed by atoms with Crippen LogP contribution in [0.2, 0.25) is 0 Å². The van der Waals surface area contributed by atoms with E-state index in [0.29, 0.717) is 37.9 Å². The van der Waals surface area contributed by atoms with E-state index in [1.165, 1.54) is 4.90 Å². The molecule has 120 valence electrons. The van der Waals surface area contributed by atoms with Gasteiger partial charge in [-0.25, -0.2) is 0 Å². The number of amides is 2. The van der Waals surface area contributed by atoms with Gasteiger partial charge >= 0.3 is 0 Å². The lowest BCUT2D eigenvalue weighted by molar-refractivity contribution is -0.158. The van der Waals surface area contributed by atoms with Gasteiger partial charge in [-0.05, 0) is 6.26 Å². The molecule has 0 aromatic carbocycles. The van der Waals surface area contributed by atoms with Crippen LogP contribution in [0.25, 0.3) is 0 Å². The van der Waals surface area contributed by atoms with Gasteiger partial charge in [-0.2, -0.15) is 16.7 Å². The zero-order chi connectivity index (χ0) is 15.7. The molecule has 0 radical (unpaired) electrons. The van der Waals surface area contributed by atoms with Crippen LogP contribution in [0.5, 0.6) is 0 Å². The monoisotopic (exact) mass is 325 g/mol. The van der Waals surface area contributed by atoms with Gasteiger partial charge in [0.25, 0.3) is 0 Å². The average molecular weight is 325 g/mol. The summed E-state index contributed by atoms with van der Waals surface area (Å²) >= 11 is 1.64. The molecule has 2 aliphatic rings. The molecule has 1 aromatic rings. The lowest BCUT2D eigenvalue weighted by Gasteiger charge is -2.44. The van der Waals surface area contributed by atoms with E-state index < -0.39 is 6.04 Å². The van der Waals surface area contributed by atoms with Gasteiger partial charge in [0.05, 0.1) is 18.8 Å². The Bertz CT molecular complexity index is 578. The summed E-state index contributed by atoms with van der Waals surface area (Å²) in [6, 6.07) is -0.395. The fraction of sp³-hybridized carbons (Fsp3) is 0.692. The molecule has 3 rings (SSSR count). The molecule has 2 amide bonds. The third kappa shape index (κ3) is 2.95. The highest BCUT2D eigenvalue weighted by atomic mass is 32.2. The van der Waals surface area contributed by atoms with Gasteiger partial charge in [0.1, 0.15) is 6.04 Å². The van der Waals surface area contributed by atoms with E-state index in [1.54, 1.807) is 23.7 Å². The number of fused-ring (bicyclic) bond motifs is 1. The Kier molecular flexibility index (Phi) is 4.34.